The number of para-hydroxylation sites is 1. The summed E-state index contributed by atoms with van der Waals surface area (Å²) in [5, 5.41) is 0. The maximum atomic E-state index is 13.6. The van der Waals surface area contributed by atoms with Gasteiger partial charge in [-0.05, 0) is 37.3 Å². The van der Waals surface area contributed by atoms with Gasteiger partial charge in [0.05, 0.1) is 31.0 Å². The van der Waals surface area contributed by atoms with Crippen LogP contribution in [0.4, 0.5) is 11.4 Å². The molecule has 0 fully saturated rings. The topological polar surface area (TPSA) is 59.1 Å². The Balaban J connectivity index is 1.80. The van der Waals surface area contributed by atoms with Crippen molar-refractivity contribution in [3.63, 3.8) is 0 Å². The molecule has 2 heterocycles. The van der Waals surface area contributed by atoms with E-state index in [1.807, 2.05) is 49.4 Å². The van der Waals surface area contributed by atoms with Gasteiger partial charge in [-0.1, -0.05) is 35.9 Å². The highest BCUT2D eigenvalue weighted by molar-refractivity contribution is 6.22. The number of benzene rings is 3. The van der Waals surface area contributed by atoms with Crippen LogP contribution in [0.1, 0.15) is 38.0 Å². The van der Waals surface area contributed by atoms with Crippen molar-refractivity contribution in [1.82, 2.24) is 0 Å². The summed E-state index contributed by atoms with van der Waals surface area (Å²) in [7, 11) is 3.05. The van der Waals surface area contributed by atoms with Gasteiger partial charge in [-0.25, -0.2) is 0 Å². The van der Waals surface area contributed by atoms with Crippen LogP contribution in [0, 0.1) is 6.92 Å². The normalized spacial score (nSPS) is 16.8. The van der Waals surface area contributed by atoms with Crippen molar-refractivity contribution >= 4 is 23.2 Å². The molecule has 150 valence electrons. The van der Waals surface area contributed by atoms with E-state index in [2.05, 4.69) is 0 Å². The van der Waals surface area contributed by atoms with E-state index in [4.69, 9.17) is 9.47 Å². The van der Waals surface area contributed by atoms with Gasteiger partial charge in [-0.15, -0.1) is 0 Å². The molecule has 2 aliphatic heterocycles. The first-order valence-electron chi connectivity index (χ1n) is 9.64. The van der Waals surface area contributed by atoms with Crippen molar-refractivity contribution in [2.75, 3.05) is 24.0 Å². The Morgan fingerprint density at radius 1 is 0.800 bits per heavy atom. The molecular weight excluding hydrogens is 380 g/mol. The van der Waals surface area contributed by atoms with Crippen molar-refractivity contribution < 1.29 is 19.1 Å². The third kappa shape index (κ3) is 2.37. The molecule has 0 aromatic heterocycles. The monoisotopic (exact) mass is 400 g/mol. The van der Waals surface area contributed by atoms with Crippen LogP contribution >= 0.6 is 0 Å². The van der Waals surface area contributed by atoms with Gasteiger partial charge in [0.25, 0.3) is 11.8 Å². The number of anilines is 2. The largest absolute Gasteiger partial charge is 0.493 e. The second kappa shape index (κ2) is 6.62. The fourth-order valence-corrected chi connectivity index (χ4v) is 4.31. The second-order valence-electron chi connectivity index (χ2n) is 7.34. The molecule has 30 heavy (non-hydrogen) atoms. The molecule has 0 N–H and O–H groups in total. The maximum Gasteiger partial charge on any atom is 0.264 e. The lowest BCUT2D eigenvalue weighted by molar-refractivity contribution is 0.0948. The number of carbonyl (C=O) groups is 2. The number of methoxy groups -OCH3 is 2. The van der Waals surface area contributed by atoms with Gasteiger partial charge in [0.2, 0.25) is 0 Å². The van der Waals surface area contributed by atoms with E-state index in [1.54, 1.807) is 28.0 Å². The van der Waals surface area contributed by atoms with Gasteiger partial charge in [0.15, 0.2) is 11.5 Å². The molecule has 0 spiro atoms. The van der Waals surface area contributed by atoms with Gasteiger partial charge >= 0.3 is 0 Å². The predicted molar refractivity (Wildman–Crippen MR) is 114 cm³/mol. The first-order chi connectivity index (χ1) is 14.6. The molecule has 3 aromatic rings. The van der Waals surface area contributed by atoms with Crippen molar-refractivity contribution in [3.05, 3.63) is 82.9 Å². The Hall–Kier alpha value is -3.80. The van der Waals surface area contributed by atoms with Gasteiger partial charge in [0, 0.05) is 11.3 Å². The van der Waals surface area contributed by atoms with E-state index in [9.17, 15) is 9.59 Å². The summed E-state index contributed by atoms with van der Waals surface area (Å²) in [6.45, 7) is 1.99. The van der Waals surface area contributed by atoms with Crippen molar-refractivity contribution in [2.24, 2.45) is 0 Å². The van der Waals surface area contributed by atoms with Crippen LogP contribution in [0.2, 0.25) is 0 Å². The second-order valence-corrected chi connectivity index (χ2v) is 7.34. The average Bonchev–Trinajstić information content (AvgIpc) is 3.07. The summed E-state index contributed by atoms with van der Waals surface area (Å²) in [5.41, 5.74) is 4.03. The van der Waals surface area contributed by atoms with Gasteiger partial charge < -0.3 is 9.47 Å². The summed E-state index contributed by atoms with van der Waals surface area (Å²) >= 11 is 0. The number of amides is 2. The first kappa shape index (κ1) is 18.2. The van der Waals surface area contributed by atoms with Crippen LogP contribution in [0.5, 0.6) is 11.5 Å². The van der Waals surface area contributed by atoms with E-state index in [0.29, 0.717) is 33.9 Å². The SMILES string of the molecule is COc1ccc2c(c1OC)C(=O)N1c3ccccc3C(=O)N(c3ccc(C)cc3)C21. The highest BCUT2D eigenvalue weighted by Crippen LogP contribution is 2.50. The fraction of sp³-hybridized carbons (Fsp3) is 0.167. The minimum atomic E-state index is -0.600. The number of hydrogen-bond donors (Lipinski definition) is 0. The standard InChI is InChI=1S/C24H20N2O4/c1-14-8-10-15(11-9-14)25-22-17-12-13-19(29-2)21(30-3)20(17)24(28)26(22)18-7-5-4-6-16(18)23(25)27/h4-13,22H,1-3H3. The molecule has 3 aromatic carbocycles. The van der Waals surface area contributed by atoms with Gasteiger partial charge in [-0.2, -0.15) is 0 Å². The first-order valence-corrected chi connectivity index (χ1v) is 9.64. The van der Waals surface area contributed by atoms with E-state index in [1.165, 1.54) is 14.2 Å². The zero-order valence-corrected chi connectivity index (χ0v) is 16.9. The van der Waals surface area contributed by atoms with Crippen LogP contribution in [-0.4, -0.2) is 26.0 Å². The molecule has 1 unspecified atom stereocenters. The molecule has 2 aliphatic rings. The lowest BCUT2D eigenvalue weighted by Crippen LogP contribution is -2.48. The minimum Gasteiger partial charge on any atom is -0.493 e. The highest BCUT2D eigenvalue weighted by Gasteiger charge is 2.50. The number of rotatable bonds is 3. The van der Waals surface area contributed by atoms with E-state index >= 15 is 0 Å². The lowest BCUT2D eigenvalue weighted by atomic mass is 10.0. The van der Waals surface area contributed by atoms with Crippen molar-refractivity contribution in [2.45, 2.75) is 13.1 Å². The summed E-state index contributed by atoms with van der Waals surface area (Å²) in [6, 6.07) is 18.5. The molecule has 6 nitrogen and oxygen atoms in total. The molecule has 5 rings (SSSR count). The molecule has 0 bridgehead atoms. The summed E-state index contributed by atoms with van der Waals surface area (Å²) in [5.74, 6) is 0.489. The lowest BCUT2D eigenvalue weighted by Gasteiger charge is -2.40. The number of nitrogens with zero attached hydrogens (tertiary/aromatic N) is 2. The summed E-state index contributed by atoms with van der Waals surface area (Å²) in [4.78, 5) is 30.6. The number of aryl methyl sites for hydroxylation is 1. The molecule has 0 aliphatic carbocycles. The van der Waals surface area contributed by atoms with Gasteiger partial charge in [0.1, 0.15) is 6.17 Å². The average molecular weight is 400 g/mol. The number of fused-ring (bicyclic) bond motifs is 5. The third-order valence-corrected chi connectivity index (χ3v) is 5.70. The van der Waals surface area contributed by atoms with Crippen LogP contribution in [-0.2, 0) is 0 Å². The number of ether oxygens (including phenoxy) is 2. The van der Waals surface area contributed by atoms with Crippen LogP contribution in [0.15, 0.2) is 60.7 Å². The molecular formula is C24H20N2O4. The fourth-order valence-electron chi connectivity index (χ4n) is 4.31. The summed E-state index contributed by atoms with van der Waals surface area (Å²) in [6.07, 6.45) is -0.600. The van der Waals surface area contributed by atoms with Crippen LogP contribution < -0.4 is 19.3 Å². The highest BCUT2D eigenvalue weighted by atomic mass is 16.5. The smallest absolute Gasteiger partial charge is 0.264 e. The Morgan fingerprint density at radius 3 is 2.23 bits per heavy atom. The molecule has 1 atom stereocenters. The van der Waals surface area contributed by atoms with Crippen LogP contribution in [0.3, 0.4) is 0 Å². The van der Waals surface area contributed by atoms with Crippen molar-refractivity contribution in [3.8, 4) is 11.5 Å². The Kier molecular flexibility index (Phi) is 4.03. The molecule has 0 radical (unpaired) electrons. The van der Waals surface area contributed by atoms with Crippen LogP contribution in [0.25, 0.3) is 0 Å². The van der Waals surface area contributed by atoms with Gasteiger partial charge in [-0.3, -0.25) is 19.4 Å². The Bertz CT molecular complexity index is 1190. The van der Waals surface area contributed by atoms with E-state index < -0.39 is 6.17 Å². The molecule has 6 heteroatoms. The maximum absolute atomic E-state index is 13.6. The Morgan fingerprint density at radius 2 is 1.53 bits per heavy atom. The zero-order valence-electron chi connectivity index (χ0n) is 16.9. The molecule has 0 saturated heterocycles. The van der Waals surface area contributed by atoms with Crippen molar-refractivity contribution in [1.29, 1.82) is 0 Å². The third-order valence-electron chi connectivity index (χ3n) is 5.70. The zero-order chi connectivity index (χ0) is 21.0. The number of hydrogen-bond acceptors (Lipinski definition) is 4. The summed E-state index contributed by atoms with van der Waals surface area (Å²) < 4.78 is 11.0. The molecule has 0 saturated carbocycles. The van der Waals surface area contributed by atoms with E-state index in [-0.39, 0.29) is 11.8 Å². The molecule has 2 amide bonds. The quantitative estimate of drug-likeness (QED) is 0.657. The number of carbonyl (C=O) groups excluding carboxylic acids is 2. The minimum absolute atomic E-state index is 0.147. The van der Waals surface area contributed by atoms with E-state index in [0.717, 1.165) is 11.3 Å². The Labute approximate surface area is 174 Å². The predicted octanol–water partition coefficient (Wildman–Crippen LogP) is 4.33.